The van der Waals surface area contributed by atoms with Crippen molar-refractivity contribution >= 4 is 23.1 Å². The molecule has 1 amide bonds. The van der Waals surface area contributed by atoms with Gasteiger partial charge in [0, 0.05) is 13.1 Å². The maximum atomic E-state index is 14.2. The lowest BCUT2D eigenvalue weighted by Gasteiger charge is -2.37. The van der Waals surface area contributed by atoms with Gasteiger partial charge in [-0.3, -0.25) is 9.59 Å². The van der Waals surface area contributed by atoms with Crippen LogP contribution in [0.2, 0.25) is 0 Å². The van der Waals surface area contributed by atoms with E-state index in [1.54, 1.807) is 6.07 Å². The van der Waals surface area contributed by atoms with Crippen molar-refractivity contribution in [3.63, 3.8) is 0 Å². The van der Waals surface area contributed by atoms with E-state index in [-0.39, 0.29) is 5.56 Å². The number of amides is 1. The lowest BCUT2D eigenvalue weighted by molar-refractivity contribution is -0.112. The van der Waals surface area contributed by atoms with E-state index in [9.17, 15) is 14.0 Å². The number of nitrogens with one attached hydrogen (secondary N) is 1. The van der Waals surface area contributed by atoms with Crippen molar-refractivity contribution in [1.82, 2.24) is 0 Å². The predicted octanol–water partition coefficient (Wildman–Crippen LogP) is 2.44. The van der Waals surface area contributed by atoms with Crippen LogP contribution in [0.15, 0.2) is 12.1 Å². The maximum absolute atomic E-state index is 14.2. The second kappa shape index (κ2) is 4.58. The van der Waals surface area contributed by atoms with Crippen LogP contribution in [0, 0.1) is 17.7 Å². The number of carbonyl (C=O) groups excluding carboxylic acids is 2. The van der Waals surface area contributed by atoms with E-state index >= 15 is 0 Å². The van der Waals surface area contributed by atoms with Gasteiger partial charge in [0.2, 0.25) is 0 Å². The van der Waals surface area contributed by atoms with Crippen LogP contribution in [-0.4, -0.2) is 24.8 Å². The fraction of sp³-hybridized carbons (Fsp3) is 0.467. The second-order valence-corrected chi connectivity index (χ2v) is 5.82. The number of Topliss-reactive ketones (excluding diaryl/α,β-unsaturated/α-hetero) is 1. The number of hydrogen-bond acceptors (Lipinski definition) is 3. The first-order chi connectivity index (χ1) is 9.47. The Morgan fingerprint density at radius 2 is 2.00 bits per heavy atom. The molecule has 1 aromatic rings. The second-order valence-electron chi connectivity index (χ2n) is 5.82. The lowest BCUT2D eigenvalue weighted by Crippen LogP contribution is -2.38. The normalized spacial score (nSPS) is 25.6. The SMILES string of the molecule is CC1CCN(c2cc3c(cc2F)C(=O)C(=O)N3)CC1C. The summed E-state index contributed by atoms with van der Waals surface area (Å²) in [5.41, 5.74) is 1.02. The van der Waals surface area contributed by atoms with Gasteiger partial charge in [0.1, 0.15) is 5.82 Å². The Hall–Kier alpha value is -1.91. The Bertz CT molecular complexity index is 600. The van der Waals surface area contributed by atoms with Crippen LogP contribution in [0.3, 0.4) is 0 Å². The zero-order chi connectivity index (χ0) is 14.4. The quantitative estimate of drug-likeness (QED) is 0.801. The third kappa shape index (κ3) is 1.97. The number of piperidine rings is 1. The van der Waals surface area contributed by atoms with Gasteiger partial charge in [0.05, 0.1) is 16.9 Å². The average Bonchev–Trinajstić information content (AvgIpc) is 2.68. The van der Waals surface area contributed by atoms with Gasteiger partial charge in [0.25, 0.3) is 11.7 Å². The molecule has 0 radical (unpaired) electrons. The molecule has 1 saturated heterocycles. The molecule has 5 heteroatoms. The van der Waals surface area contributed by atoms with E-state index in [4.69, 9.17) is 0 Å². The third-order valence-electron chi connectivity index (χ3n) is 4.46. The van der Waals surface area contributed by atoms with Gasteiger partial charge in [0.15, 0.2) is 0 Å². The topological polar surface area (TPSA) is 49.4 Å². The smallest absolute Gasteiger partial charge is 0.296 e. The highest BCUT2D eigenvalue weighted by Gasteiger charge is 2.31. The van der Waals surface area contributed by atoms with Gasteiger partial charge in [-0.1, -0.05) is 13.8 Å². The molecule has 0 saturated carbocycles. The minimum atomic E-state index is -0.683. The molecule has 0 aliphatic carbocycles. The number of nitrogens with zero attached hydrogens (tertiary/aromatic N) is 1. The number of anilines is 2. The van der Waals surface area contributed by atoms with E-state index in [0.717, 1.165) is 19.5 Å². The largest absolute Gasteiger partial charge is 0.369 e. The van der Waals surface area contributed by atoms with E-state index < -0.39 is 17.5 Å². The number of rotatable bonds is 1. The van der Waals surface area contributed by atoms with Gasteiger partial charge < -0.3 is 10.2 Å². The third-order valence-corrected chi connectivity index (χ3v) is 4.46. The summed E-state index contributed by atoms with van der Waals surface area (Å²) < 4.78 is 14.2. The van der Waals surface area contributed by atoms with E-state index in [2.05, 4.69) is 19.2 Å². The van der Waals surface area contributed by atoms with Crippen LogP contribution in [0.5, 0.6) is 0 Å². The summed E-state index contributed by atoms with van der Waals surface area (Å²) in [6.45, 7) is 5.95. The summed E-state index contributed by atoms with van der Waals surface area (Å²) in [7, 11) is 0. The summed E-state index contributed by atoms with van der Waals surface area (Å²) >= 11 is 0. The molecule has 106 valence electrons. The Labute approximate surface area is 117 Å². The van der Waals surface area contributed by atoms with Crippen molar-refractivity contribution < 1.29 is 14.0 Å². The standard InChI is InChI=1S/C15H17FN2O2/c1-8-3-4-18(7-9(8)2)13-6-12-10(5-11(13)16)14(19)15(20)17-12/h5-6,8-9H,3-4,7H2,1-2H3,(H,17,19,20). The van der Waals surface area contributed by atoms with E-state index in [0.29, 0.717) is 23.2 Å². The molecule has 1 fully saturated rings. The molecule has 0 spiro atoms. The van der Waals surface area contributed by atoms with Crippen molar-refractivity contribution in [3.05, 3.63) is 23.5 Å². The highest BCUT2D eigenvalue weighted by atomic mass is 19.1. The van der Waals surface area contributed by atoms with Gasteiger partial charge in [-0.25, -0.2) is 4.39 Å². The zero-order valence-electron chi connectivity index (χ0n) is 11.6. The fourth-order valence-corrected chi connectivity index (χ4v) is 2.88. The molecule has 4 nitrogen and oxygen atoms in total. The van der Waals surface area contributed by atoms with Gasteiger partial charge in [-0.15, -0.1) is 0 Å². The van der Waals surface area contributed by atoms with Crippen LogP contribution >= 0.6 is 0 Å². The number of benzene rings is 1. The Morgan fingerprint density at radius 1 is 1.25 bits per heavy atom. The maximum Gasteiger partial charge on any atom is 0.296 e. The first-order valence-corrected chi connectivity index (χ1v) is 6.91. The molecule has 3 rings (SSSR count). The van der Waals surface area contributed by atoms with Crippen molar-refractivity contribution in [2.24, 2.45) is 11.8 Å². The minimum Gasteiger partial charge on any atom is -0.369 e. The van der Waals surface area contributed by atoms with Gasteiger partial charge in [-0.05, 0) is 30.4 Å². The first-order valence-electron chi connectivity index (χ1n) is 6.91. The van der Waals surface area contributed by atoms with Crippen molar-refractivity contribution in [2.45, 2.75) is 20.3 Å². The summed E-state index contributed by atoms with van der Waals surface area (Å²) in [4.78, 5) is 24.9. The van der Waals surface area contributed by atoms with Gasteiger partial charge in [-0.2, -0.15) is 0 Å². The Kier molecular flexibility index (Phi) is 3.00. The summed E-state index contributed by atoms with van der Waals surface area (Å²) in [6.07, 6.45) is 1.02. The first kappa shape index (κ1) is 13.1. The number of carbonyl (C=O) groups is 2. The molecule has 20 heavy (non-hydrogen) atoms. The fourth-order valence-electron chi connectivity index (χ4n) is 2.88. The van der Waals surface area contributed by atoms with Crippen molar-refractivity contribution in [1.29, 1.82) is 0 Å². The van der Waals surface area contributed by atoms with Crippen LogP contribution in [0.1, 0.15) is 30.6 Å². The van der Waals surface area contributed by atoms with Crippen LogP contribution < -0.4 is 10.2 Å². The molecule has 2 aliphatic rings. The summed E-state index contributed by atoms with van der Waals surface area (Å²) in [5.74, 6) is -0.656. The van der Waals surface area contributed by atoms with E-state index in [1.807, 2.05) is 4.90 Å². The molecular weight excluding hydrogens is 259 g/mol. The van der Waals surface area contributed by atoms with E-state index in [1.165, 1.54) is 6.07 Å². The average molecular weight is 276 g/mol. The van der Waals surface area contributed by atoms with Crippen LogP contribution in [0.25, 0.3) is 0 Å². The molecule has 2 aliphatic heterocycles. The molecular formula is C15H17FN2O2. The predicted molar refractivity (Wildman–Crippen MR) is 74.5 cm³/mol. The minimum absolute atomic E-state index is 0.134. The van der Waals surface area contributed by atoms with Crippen LogP contribution in [0.4, 0.5) is 15.8 Å². The molecule has 2 unspecified atom stereocenters. The Balaban J connectivity index is 1.94. The Morgan fingerprint density at radius 3 is 2.70 bits per heavy atom. The number of hydrogen-bond donors (Lipinski definition) is 1. The van der Waals surface area contributed by atoms with Crippen molar-refractivity contribution in [2.75, 3.05) is 23.3 Å². The highest BCUT2D eigenvalue weighted by Crippen LogP contribution is 2.34. The number of ketones is 1. The molecule has 0 bridgehead atoms. The molecule has 0 aromatic heterocycles. The lowest BCUT2D eigenvalue weighted by atomic mass is 9.88. The number of halogens is 1. The molecule has 2 heterocycles. The van der Waals surface area contributed by atoms with Gasteiger partial charge >= 0.3 is 0 Å². The highest BCUT2D eigenvalue weighted by molar-refractivity contribution is 6.51. The zero-order valence-corrected chi connectivity index (χ0v) is 11.6. The number of fused-ring (bicyclic) bond motifs is 1. The summed E-state index contributed by atoms with van der Waals surface area (Å²) in [5, 5.41) is 2.49. The van der Waals surface area contributed by atoms with Crippen LogP contribution in [-0.2, 0) is 4.79 Å². The van der Waals surface area contributed by atoms with Crippen molar-refractivity contribution in [3.8, 4) is 0 Å². The monoisotopic (exact) mass is 276 g/mol. The molecule has 2 atom stereocenters. The molecule has 1 N–H and O–H groups in total. The summed E-state index contributed by atoms with van der Waals surface area (Å²) in [6, 6.07) is 2.75. The molecule has 1 aromatic carbocycles.